The third-order valence-electron chi connectivity index (χ3n) is 9.35. The van der Waals surface area contributed by atoms with E-state index in [4.69, 9.17) is 4.99 Å². The molecule has 0 bridgehead atoms. The molecule has 0 fully saturated rings. The number of nitrogens with zero attached hydrogens (tertiary/aromatic N) is 1. The maximum Gasteiger partial charge on any atom is 0.137 e. The summed E-state index contributed by atoms with van der Waals surface area (Å²) in [6.45, 7) is 26.4. The Hall–Kier alpha value is -3.76. The van der Waals surface area contributed by atoms with E-state index in [2.05, 4.69) is 119 Å². The fourth-order valence-corrected chi connectivity index (χ4v) is 5.92. The molecule has 0 saturated carbocycles. The zero-order valence-electron chi connectivity index (χ0n) is 31.2. The van der Waals surface area contributed by atoms with Crippen molar-refractivity contribution in [3.8, 4) is 5.75 Å². The maximum absolute atomic E-state index is 14.4. The molecule has 1 unspecified atom stereocenters. The highest BCUT2D eigenvalue weighted by atomic mass is 19.1. The van der Waals surface area contributed by atoms with Crippen molar-refractivity contribution in [3.63, 3.8) is 0 Å². The molecule has 4 aromatic rings. The van der Waals surface area contributed by atoms with Crippen LogP contribution in [0.4, 0.5) is 4.39 Å². The van der Waals surface area contributed by atoms with Gasteiger partial charge >= 0.3 is 0 Å². The SMILES string of the molecule is CC(C)(C)c1cc(C(C)(C)C)cc(C(O)(c2cc(C(C)(C)C)cc(C(C)(C)C)c2)C(Cc2ccccc2)N=Cc2cc(F)ccc2O)c1. The molecule has 256 valence electrons. The Kier molecular flexibility index (Phi) is 10.2. The lowest BCUT2D eigenvalue weighted by Gasteiger charge is -2.39. The molecule has 0 aliphatic heterocycles. The standard InChI is InChI=1S/C44H56FNO2/c1-40(2,3)31-22-32(41(4,5)6)25-35(24-31)44(48,36-26-33(42(7,8)9)23-34(27-36)43(10,11)12)39(20-29-16-14-13-15-17-29)46-28-30-21-37(45)18-19-38(30)47/h13-19,21-28,39,47-48H,20H2,1-12H3. The smallest absolute Gasteiger partial charge is 0.137 e. The van der Waals surface area contributed by atoms with Gasteiger partial charge in [-0.3, -0.25) is 4.99 Å². The Morgan fingerprint density at radius 1 is 0.583 bits per heavy atom. The normalized spacial score (nSPS) is 14.0. The van der Waals surface area contributed by atoms with Crippen LogP contribution in [0, 0.1) is 5.82 Å². The monoisotopic (exact) mass is 649 g/mol. The number of benzene rings is 4. The Bertz CT molecular complexity index is 1620. The minimum absolute atomic E-state index is 0.0725. The minimum atomic E-state index is -1.61. The van der Waals surface area contributed by atoms with Crippen LogP contribution < -0.4 is 0 Å². The quantitative estimate of drug-likeness (QED) is 0.196. The van der Waals surface area contributed by atoms with Gasteiger partial charge in [-0.15, -0.1) is 0 Å². The van der Waals surface area contributed by atoms with Gasteiger partial charge in [-0.25, -0.2) is 4.39 Å². The van der Waals surface area contributed by atoms with Gasteiger partial charge in [0.1, 0.15) is 17.2 Å². The van der Waals surface area contributed by atoms with Crippen molar-refractivity contribution in [2.24, 2.45) is 4.99 Å². The number of aliphatic imine (C=N–C) groups is 1. The summed E-state index contributed by atoms with van der Waals surface area (Å²) in [5.41, 5.74) is 4.90. The third-order valence-corrected chi connectivity index (χ3v) is 9.35. The first-order valence-corrected chi connectivity index (χ1v) is 17.1. The van der Waals surface area contributed by atoms with Gasteiger partial charge in [-0.1, -0.05) is 150 Å². The first-order chi connectivity index (χ1) is 22.0. The van der Waals surface area contributed by atoms with Crippen LogP contribution in [-0.4, -0.2) is 22.5 Å². The lowest BCUT2D eigenvalue weighted by atomic mass is 9.70. The van der Waals surface area contributed by atoms with Gasteiger partial charge in [-0.2, -0.15) is 0 Å². The molecule has 4 heteroatoms. The molecule has 1 atom stereocenters. The van der Waals surface area contributed by atoms with Gasteiger partial charge in [0.05, 0.1) is 6.04 Å². The highest BCUT2D eigenvalue weighted by Gasteiger charge is 2.43. The molecule has 0 aliphatic carbocycles. The highest BCUT2D eigenvalue weighted by molar-refractivity contribution is 5.83. The third kappa shape index (κ3) is 8.44. The van der Waals surface area contributed by atoms with E-state index < -0.39 is 17.5 Å². The number of phenols is 1. The summed E-state index contributed by atoms with van der Waals surface area (Å²) in [5.74, 6) is -0.541. The predicted octanol–water partition coefficient (Wildman–Crippen LogP) is 10.7. The number of hydrogen-bond acceptors (Lipinski definition) is 3. The van der Waals surface area contributed by atoms with E-state index in [0.717, 1.165) is 38.9 Å². The van der Waals surface area contributed by atoms with Crippen molar-refractivity contribution >= 4 is 6.21 Å². The summed E-state index contributed by atoms with van der Waals surface area (Å²) >= 11 is 0. The Labute approximate surface area is 289 Å². The predicted molar refractivity (Wildman–Crippen MR) is 200 cm³/mol. The average Bonchev–Trinajstić information content (AvgIpc) is 2.98. The first kappa shape index (κ1) is 37.1. The zero-order chi connectivity index (χ0) is 35.9. The second-order valence-electron chi connectivity index (χ2n) is 17.6. The van der Waals surface area contributed by atoms with Crippen molar-refractivity contribution < 1.29 is 14.6 Å². The number of aliphatic hydroxyl groups is 1. The number of rotatable bonds is 7. The van der Waals surface area contributed by atoms with Gasteiger partial charge in [-0.05, 0) is 85.2 Å². The molecule has 0 saturated heterocycles. The van der Waals surface area contributed by atoms with Gasteiger partial charge in [0.2, 0.25) is 0 Å². The summed E-state index contributed by atoms with van der Waals surface area (Å²) in [4.78, 5) is 5.08. The van der Waals surface area contributed by atoms with E-state index in [1.165, 1.54) is 24.4 Å². The first-order valence-electron chi connectivity index (χ1n) is 17.1. The number of halogens is 1. The van der Waals surface area contributed by atoms with E-state index in [-0.39, 0.29) is 33.0 Å². The number of aromatic hydroxyl groups is 1. The van der Waals surface area contributed by atoms with Crippen molar-refractivity contribution in [1.82, 2.24) is 0 Å². The molecular formula is C44H56FNO2. The van der Waals surface area contributed by atoms with E-state index in [1.54, 1.807) is 0 Å². The average molecular weight is 650 g/mol. The molecule has 0 heterocycles. The zero-order valence-corrected chi connectivity index (χ0v) is 31.2. The molecule has 48 heavy (non-hydrogen) atoms. The molecule has 0 radical (unpaired) electrons. The minimum Gasteiger partial charge on any atom is -0.507 e. The molecule has 4 rings (SSSR count). The van der Waals surface area contributed by atoms with Gasteiger partial charge in [0, 0.05) is 11.8 Å². The van der Waals surface area contributed by atoms with Crippen LogP contribution in [0.2, 0.25) is 0 Å². The second-order valence-corrected chi connectivity index (χ2v) is 17.6. The highest BCUT2D eigenvalue weighted by Crippen LogP contribution is 2.43. The van der Waals surface area contributed by atoms with E-state index >= 15 is 0 Å². The molecule has 0 aromatic heterocycles. The summed E-state index contributed by atoms with van der Waals surface area (Å²) in [6, 6.07) is 26.2. The van der Waals surface area contributed by atoms with E-state index in [9.17, 15) is 14.6 Å². The van der Waals surface area contributed by atoms with Crippen molar-refractivity contribution in [2.75, 3.05) is 0 Å². The van der Waals surface area contributed by atoms with Crippen molar-refractivity contribution in [2.45, 2.75) is 123 Å². The summed E-state index contributed by atoms with van der Waals surface area (Å²) in [5, 5.41) is 24.4. The topological polar surface area (TPSA) is 52.8 Å². The van der Waals surface area contributed by atoms with Crippen LogP contribution >= 0.6 is 0 Å². The fraction of sp³-hybridized carbons (Fsp3) is 0.432. The lowest BCUT2D eigenvalue weighted by Crippen LogP contribution is -2.42. The molecule has 0 spiro atoms. The van der Waals surface area contributed by atoms with Crippen LogP contribution in [0.1, 0.15) is 128 Å². The van der Waals surface area contributed by atoms with Crippen molar-refractivity contribution in [3.05, 3.63) is 135 Å². The Morgan fingerprint density at radius 3 is 1.38 bits per heavy atom. The Balaban J connectivity index is 2.17. The van der Waals surface area contributed by atoms with Gasteiger partial charge < -0.3 is 10.2 Å². The summed E-state index contributed by atoms with van der Waals surface area (Å²) in [6.07, 6.45) is 1.91. The molecule has 3 nitrogen and oxygen atoms in total. The second kappa shape index (κ2) is 13.3. The summed E-state index contributed by atoms with van der Waals surface area (Å²) < 4.78 is 14.4. The van der Waals surface area contributed by atoms with Crippen molar-refractivity contribution in [1.29, 1.82) is 0 Å². The van der Waals surface area contributed by atoms with E-state index in [0.29, 0.717) is 6.42 Å². The lowest BCUT2D eigenvalue weighted by molar-refractivity contribution is 0.0522. The number of phenolic OH excluding ortho intramolecular Hbond substituents is 1. The van der Waals surface area contributed by atoms with Gasteiger partial charge in [0.25, 0.3) is 0 Å². The van der Waals surface area contributed by atoms with Crippen LogP contribution in [0.5, 0.6) is 5.75 Å². The maximum atomic E-state index is 14.4. The largest absolute Gasteiger partial charge is 0.507 e. The summed E-state index contributed by atoms with van der Waals surface area (Å²) in [7, 11) is 0. The molecular weight excluding hydrogens is 593 g/mol. The molecule has 0 aliphatic rings. The number of hydrogen-bond donors (Lipinski definition) is 2. The molecule has 0 amide bonds. The molecule has 2 N–H and O–H groups in total. The Morgan fingerprint density at radius 2 is 0.979 bits per heavy atom. The molecule has 4 aromatic carbocycles. The van der Waals surface area contributed by atoms with Crippen LogP contribution in [0.3, 0.4) is 0 Å². The van der Waals surface area contributed by atoms with Crippen LogP contribution in [0.25, 0.3) is 0 Å². The van der Waals surface area contributed by atoms with Crippen LogP contribution in [0.15, 0.2) is 89.9 Å². The van der Waals surface area contributed by atoms with Crippen LogP contribution in [-0.2, 0) is 33.7 Å². The fourth-order valence-electron chi connectivity index (χ4n) is 5.92. The van der Waals surface area contributed by atoms with E-state index in [1.807, 2.05) is 30.3 Å². The van der Waals surface area contributed by atoms with Gasteiger partial charge in [0.15, 0.2) is 0 Å².